The molecule has 0 aliphatic rings. The highest BCUT2D eigenvalue weighted by atomic mass is 16.6. The molecule has 0 heterocycles. The molecule has 2 rings (SSSR count). The molecule has 2 aromatic carbocycles. The summed E-state index contributed by atoms with van der Waals surface area (Å²) in [6.45, 7) is 5.97. The molecule has 1 amide bonds. The molecule has 168 valence electrons. The largest absolute Gasteiger partial charge is 0.493 e. The molecule has 0 aliphatic heterocycles. The molecule has 0 atom stereocenters. The van der Waals surface area contributed by atoms with Gasteiger partial charge >= 0.3 is 6.09 Å². The minimum absolute atomic E-state index is 0.0205. The molecular formula is C24H31NO6. The molecule has 0 spiro atoms. The Bertz CT molecular complexity index is 888. The van der Waals surface area contributed by atoms with E-state index in [2.05, 4.69) is 5.32 Å². The first-order valence-corrected chi connectivity index (χ1v) is 10.2. The second kappa shape index (κ2) is 11.2. The number of hydrogen-bond donors (Lipinski definition) is 1. The van der Waals surface area contributed by atoms with Crippen LogP contribution in [0.25, 0.3) is 0 Å². The Morgan fingerprint density at radius 1 is 0.968 bits per heavy atom. The number of Topliss-reactive ketones (excluding diaryl/α,β-unsaturated/α-hetero) is 1. The van der Waals surface area contributed by atoms with Crippen molar-refractivity contribution in [3.8, 4) is 17.2 Å². The van der Waals surface area contributed by atoms with Crippen molar-refractivity contribution in [3.63, 3.8) is 0 Å². The predicted octanol–water partition coefficient (Wildman–Crippen LogP) is 4.42. The lowest BCUT2D eigenvalue weighted by Gasteiger charge is -2.19. The molecule has 0 aliphatic carbocycles. The summed E-state index contributed by atoms with van der Waals surface area (Å²) in [6, 6.07) is 12.7. The van der Waals surface area contributed by atoms with Crippen LogP contribution in [-0.2, 0) is 11.2 Å². The van der Waals surface area contributed by atoms with E-state index in [1.54, 1.807) is 59.3 Å². The van der Waals surface area contributed by atoms with Gasteiger partial charge in [-0.05, 0) is 57.0 Å². The molecule has 0 saturated heterocycles. The van der Waals surface area contributed by atoms with Gasteiger partial charge < -0.3 is 24.3 Å². The second-order valence-electron chi connectivity index (χ2n) is 7.92. The van der Waals surface area contributed by atoms with Crippen LogP contribution in [0.5, 0.6) is 17.2 Å². The van der Waals surface area contributed by atoms with Crippen LogP contribution in [0, 0.1) is 0 Å². The van der Waals surface area contributed by atoms with Gasteiger partial charge in [0.05, 0.1) is 20.8 Å². The van der Waals surface area contributed by atoms with Gasteiger partial charge in [-0.25, -0.2) is 4.79 Å². The smallest absolute Gasteiger partial charge is 0.407 e. The lowest BCUT2D eigenvalue weighted by molar-refractivity contribution is 0.0520. The van der Waals surface area contributed by atoms with Crippen molar-refractivity contribution < 1.29 is 28.5 Å². The van der Waals surface area contributed by atoms with E-state index in [0.717, 1.165) is 5.56 Å². The summed E-state index contributed by atoms with van der Waals surface area (Å²) in [5.41, 5.74) is 1.03. The number of hydrogen-bond acceptors (Lipinski definition) is 6. The summed E-state index contributed by atoms with van der Waals surface area (Å²) in [4.78, 5) is 24.2. The number of methoxy groups -OCH3 is 2. The maximum absolute atomic E-state index is 12.6. The third-order valence-electron chi connectivity index (χ3n) is 4.28. The molecule has 7 nitrogen and oxygen atoms in total. The van der Waals surface area contributed by atoms with Crippen LogP contribution >= 0.6 is 0 Å². The van der Waals surface area contributed by atoms with Crippen molar-refractivity contribution in [1.29, 1.82) is 0 Å². The van der Waals surface area contributed by atoms with Gasteiger partial charge in [-0.1, -0.05) is 18.2 Å². The number of nitrogens with one attached hydrogen (secondary N) is 1. The van der Waals surface area contributed by atoms with E-state index < -0.39 is 11.7 Å². The molecule has 2 aromatic rings. The van der Waals surface area contributed by atoms with Crippen molar-refractivity contribution in [2.75, 3.05) is 27.4 Å². The first-order valence-electron chi connectivity index (χ1n) is 10.2. The van der Waals surface area contributed by atoms with Crippen LogP contribution in [-0.4, -0.2) is 44.8 Å². The number of carbonyl (C=O) groups excluding carboxylic acids is 2. The number of ether oxygens (including phenoxy) is 4. The van der Waals surface area contributed by atoms with Crippen LogP contribution < -0.4 is 19.5 Å². The zero-order valence-corrected chi connectivity index (χ0v) is 18.8. The third-order valence-corrected chi connectivity index (χ3v) is 4.28. The molecule has 1 N–H and O–H groups in total. The average Bonchev–Trinajstić information content (AvgIpc) is 2.73. The SMILES string of the molecule is COc1ccc(CCC(=O)c2cccc(OCCNC(=O)OC(C)(C)C)c2)cc1OC. The predicted molar refractivity (Wildman–Crippen MR) is 118 cm³/mol. The van der Waals surface area contributed by atoms with Crippen molar-refractivity contribution in [1.82, 2.24) is 5.32 Å². The maximum Gasteiger partial charge on any atom is 0.407 e. The Morgan fingerprint density at radius 3 is 2.39 bits per heavy atom. The van der Waals surface area contributed by atoms with E-state index in [0.29, 0.717) is 42.2 Å². The number of alkyl carbamates (subject to hydrolysis) is 1. The highest BCUT2D eigenvalue weighted by molar-refractivity contribution is 5.96. The summed E-state index contributed by atoms with van der Waals surface area (Å²) >= 11 is 0. The zero-order valence-electron chi connectivity index (χ0n) is 18.8. The van der Waals surface area contributed by atoms with Gasteiger partial charge in [0.2, 0.25) is 0 Å². The highest BCUT2D eigenvalue weighted by Crippen LogP contribution is 2.28. The van der Waals surface area contributed by atoms with E-state index in [-0.39, 0.29) is 12.4 Å². The molecule has 0 radical (unpaired) electrons. The Labute approximate surface area is 183 Å². The Balaban J connectivity index is 1.84. The van der Waals surface area contributed by atoms with Crippen LogP contribution in [0.15, 0.2) is 42.5 Å². The van der Waals surface area contributed by atoms with Crippen LogP contribution in [0.3, 0.4) is 0 Å². The van der Waals surface area contributed by atoms with Crippen LogP contribution in [0.2, 0.25) is 0 Å². The summed E-state index contributed by atoms with van der Waals surface area (Å²) in [7, 11) is 3.17. The molecule has 0 bridgehead atoms. The average molecular weight is 430 g/mol. The number of benzene rings is 2. The Kier molecular flexibility index (Phi) is 8.73. The maximum atomic E-state index is 12.6. The normalized spacial score (nSPS) is 10.9. The monoisotopic (exact) mass is 429 g/mol. The first kappa shape index (κ1) is 24.1. The van der Waals surface area contributed by atoms with E-state index >= 15 is 0 Å². The van der Waals surface area contributed by atoms with Crippen LogP contribution in [0.1, 0.15) is 43.1 Å². The number of ketones is 1. The summed E-state index contributed by atoms with van der Waals surface area (Å²) < 4.78 is 21.4. The van der Waals surface area contributed by atoms with Gasteiger partial charge in [0.25, 0.3) is 0 Å². The van der Waals surface area contributed by atoms with E-state index in [4.69, 9.17) is 18.9 Å². The number of aryl methyl sites for hydroxylation is 1. The fourth-order valence-corrected chi connectivity index (χ4v) is 2.83. The highest BCUT2D eigenvalue weighted by Gasteiger charge is 2.15. The molecule has 0 unspecified atom stereocenters. The molecule has 0 saturated carbocycles. The minimum Gasteiger partial charge on any atom is -0.493 e. The number of carbonyl (C=O) groups is 2. The summed E-state index contributed by atoms with van der Waals surface area (Å²) in [5.74, 6) is 1.89. The number of rotatable bonds is 10. The quantitative estimate of drug-likeness (QED) is 0.445. The van der Waals surface area contributed by atoms with Crippen molar-refractivity contribution >= 4 is 11.9 Å². The summed E-state index contributed by atoms with van der Waals surface area (Å²) in [5, 5.41) is 2.63. The fraction of sp³-hybridized carbons (Fsp3) is 0.417. The molecule has 7 heteroatoms. The van der Waals surface area contributed by atoms with Crippen molar-refractivity contribution in [2.45, 2.75) is 39.2 Å². The zero-order chi connectivity index (χ0) is 22.9. The van der Waals surface area contributed by atoms with Crippen molar-refractivity contribution in [2.24, 2.45) is 0 Å². The molecule has 31 heavy (non-hydrogen) atoms. The van der Waals surface area contributed by atoms with Gasteiger partial charge in [-0.3, -0.25) is 4.79 Å². The van der Waals surface area contributed by atoms with Gasteiger partial charge in [0, 0.05) is 12.0 Å². The topological polar surface area (TPSA) is 83.1 Å². The summed E-state index contributed by atoms with van der Waals surface area (Å²) in [6.07, 6.45) is 0.457. The lowest BCUT2D eigenvalue weighted by Crippen LogP contribution is -2.34. The fourth-order valence-electron chi connectivity index (χ4n) is 2.83. The van der Waals surface area contributed by atoms with Gasteiger partial charge in [0.1, 0.15) is 18.0 Å². The van der Waals surface area contributed by atoms with Crippen LogP contribution in [0.4, 0.5) is 4.79 Å². The van der Waals surface area contributed by atoms with E-state index in [9.17, 15) is 9.59 Å². The lowest BCUT2D eigenvalue weighted by atomic mass is 10.0. The molecule has 0 aromatic heterocycles. The van der Waals surface area contributed by atoms with Gasteiger partial charge in [-0.2, -0.15) is 0 Å². The van der Waals surface area contributed by atoms with E-state index in [1.165, 1.54) is 0 Å². The Hall–Kier alpha value is -3.22. The number of amides is 1. The first-order chi connectivity index (χ1) is 14.7. The van der Waals surface area contributed by atoms with Gasteiger partial charge in [0.15, 0.2) is 17.3 Å². The Morgan fingerprint density at radius 2 is 1.71 bits per heavy atom. The van der Waals surface area contributed by atoms with E-state index in [1.807, 2.05) is 18.2 Å². The standard InChI is InChI=1S/C24H31NO6/c1-24(2,3)31-23(27)25-13-14-30-19-8-6-7-18(16-19)20(26)11-9-17-10-12-21(28-4)22(15-17)29-5/h6-8,10,12,15-16H,9,11,13-14H2,1-5H3,(H,25,27). The molecule has 0 fully saturated rings. The van der Waals surface area contributed by atoms with Crippen molar-refractivity contribution in [3.05, 3.63) is 53.6 Å². The third kappa shape index (κ3) is 8.20. The minimum atomic E-state index is -0.545. The molecular weight excluding hydrogens is 398 g/mol. The van der Waals surface area contributed by atoms with Gasteiger partial charge in [-0.15, -0.1) is 0 Å². The second-order valence-corrected chi connectivity index (χ2v) is 7.92.